The van der Waals surface area contributed by atoms with Crippen LogP contribution in [0.1, 0.15) is 15.9 Å². The van der Waals surface area contributed by atoms with E-state index in [1.165, 1.54) is 18.2 Å². The Morgan fingerprint density at radius 2 is 1.65 bits per heavy atom. The van der Waals surface area contributed by atoms with Crippen molar-refractivity contribution in [2.24, 2.45) is 5.73 Å². The van der Waals surface area contributed by atoms with E-state index < -0.39 is 11.9 Å². The highest BCUT2D eigenvalue weighted by Crippen LogP contribution is 2.41. The maximum Gasteiger partial charge on any atom is 0.426 e. The van der Waals surface area contributed by atoms with Crippen LogP contribution in [0.25, 0.3) is 0 Å². The first-order valence-electron chi connectivity index (χ1n) is 6.45. The third-order valence-electron chi connectivity index (χ3n) is 3.18. The lowest BCUT2D eigenvalue weighted by Crippen LogP contribution is -2.45. The number of rotatable bonds is 3. The predicted molar refractivity (Wildman–Crippen MR) is 80.5 cm³/mol. The molecule has 2 aromatic rings. The zero-order chi connectivity index (χ0) is 16.6. The second-order valence-corrected chi connectivity index (χ2v) is 4.58. The summed E-state index contributed by atoms with van der Waals surface area (Å²) in [5.74, 6) is -0.447. The Bertz CT molecular complexity index is 767. The first kappa shape index (κ1) is 14.8. The highest BCUT2D eigenvalue weighted by atomic mass is 16.9. The number of nitrogens with zero attached hydrogens (tertiary/aromatic N) is 3. The Morgan fingerprint density at radius 3 is 2.30 bits per heavy atom. The van der Waals surface area contributed by atoms with Crippen molar-refractivity contribution in [2.75, 3.05) is 10.3 Å². The van der Waals surface area contributed by atoms with Crippen molar-refractivity contribution in [3.05, 3.63) is 70.1 Å². The summed E-state index contributed by atoms with van der Waals surface area (Å²) < 4.78 is 0. The van der Waals surface area contributed by atoms with E-state index in [2.05, 4.69) is 4.84 Å². The summed E-state index contributed by atoms with van der Waals surface area (Å²) in [4.78, 5) is 27.7. The molecule has 1 aliphatic rings. The lowest BCUT2D eigenvalue weighted by molar-refractivity contribution is -0.0933. The molecule has 0 spiro atoms. The molecular weight excluding hydrogens is 304 g/mol. The topological polar surface area (TPSA) is 125 Å². The second-order valence-electron chi connectivity index (χ2n) is 4.58. The number of hydrogen-bond acceptors (Lipinski definition) is 8. The van der Waals surface area contributed by atoms with E-state index in [1.54, 1.807) is 30.3 Å². The number of ketones is 1. The summed E-state index contributed by atoms with van der Waals surface area (Å²) in [5, 5.41) is 24.4. The number of benzene rings is 2. The van der Waals surface area contributed by atoms with Gasteiger partial charge in [-0.25, -0.2) is 4.79 Å². The molecule has 23 heavy (non-hydrogen) atoms. The van der Waals surface area contributed by atoms with Crippen LogP contribution in [0.5, 0.6) is 0 Å². The van der Waals surface area contributed by atoms with Gasteiger partial charge in [0.2, 0.25) is 0 Å². The predicted octanol–water partition coefficient (Wildman–Crippen LogP) is 1.68. The van der Waals surface area contributed by atoms with Crippen molar-refractivity contribution in [3.8, 4) is 0 Å². The van der Waals surface area contributed by atoms with Gasteiger partial charge < -0.3 is 31.3 Å². The van der Waals surface area contributed by atoms with Crippen LogP contribution < -0.4 is 16.1 Å². The Hall–Kier alpha value is -3.14. The number of hydrazine groups is 2. The number of anilines is 2. The van der Waals surface area contributed by atoms with E-state index in [9.17, 15) is 20.0 Å². The van der Waals surface area contributed by atoms with Crippen molar-refractivity contribution in [1.29, 1.82) is 0 Å². The summed E-state index contributed by atoms with van der Waals surface area (Å²) >= 11 is 0. The average molecular weight is 314 g/mol. The molecule has 0 fully saturated rings. The van der Waals surface area contributed by atoms with Gasteiger partial charge in [-0.05, 0) is 12.1 Å². The number of hydrogen-bond donors (Lipinski definition) is 1. The van der Waals surface area contributed by atoms with E-state index in [-0.39, 0.29) is 32.6 Å². The summed E-state index contributed by atoms with van der Waals surface area (Å²) in [6.07, 6.45) is -1.34. The fourth-order valence-electron chi connectivity index (χ4n) is 2.22. The number of carbonyl (C=O) groups is 2. The molecule has 3 rings (SSSR count). The SMILES string of the molecule is NC(=O)ON1N([O-])c2cccc(C(=O)c3ccccc3)c2N1[O-]. The van der Waals surface area contributed by atoms with Crippen LogP contribution in [0, 0.1) is 10.4 Å². The summed E-state index contributed by atoms with van der Waals surface area (Å²) in [6, 6.07) is 12.4. The molecule has 0 atom stereocenters. The number of amides is 1. The van der Waals surface area contributed by atoms with E-state index in [0.29, 0.717) is 5.56 Å². The molecule has 0 saturated heterocycles. The van der Waals surface area contributed by atoms with Crippen LogP contribution in [-0.4, -0.2) is 17.2 Å². The molecule has 9 nitrogen and oxygen atoms in total. The monoisotopic (exact) mass is 314 g/mol. The quantitative estimate of drug-likeness (QED) is 0.848. The summed E-state index contributed by atoms with van der Waals surface area (Å²) in [7, 11) is 0. The van der Waals surface area contributed by atoms with Gasteiger partial charge in [0.25, 0.3) is 0 Å². The minimum Gasteiger partial charge on any atom is -0.739 e. The molecule has 0 saturated carbocycles. The van der Waals surface area contributed by atoms with Crippen molar-refractivity contribution < 1.29 is 14.4 Å². The zero-order valence-corrected chi connectivity index (χ0v) is 11.6. The van der Waals surface area contributed by atoms with Crippen LogP contribution in [-0.2, 0) is 4.84 Å². The molecule has 1 heterocycles. The van der Waals surface area contributed by atoms with Gasteiger partial charge in [0.1, 0.15) is 0 Å². The zero-order valence-electron chi connectivity index (χ0n) is 11.6. The minimum atomic E-state index is -1.34. The number of fused-ring (bicyclic) bond motifs is 1. The number of para-hydroxylation sites is 1. The number of carbonyl (C=O) groups excluding carboxylic acids is 2. The minimum absolute atomic E-state index is 0.000111. The molecule has 0 radical (unpaired) electrons. The second kappa shape index (κ2) is 5.57. The van der Waals surface area contributed by atoms with Crippen LogP contribution in [0.3, 0.4) is 0 Å². The molecule has 2 aromatic carbocycles. The standard InChI is InChI=1S/C14H10N4O5/c15-14(20)23-18-16(21)11-8-4-7-10(12(11)17(18)22)13(19)9-5-2-1-3-6-9/h1-8H,(H2,15,20)/q-2. The van der Waals surface area contributed by atoms with Crippen LogP contribution in [0.15, 0.2) is 48.5 Å². The smallest absolute Gasteiger partial charge is 0.426 e. The lowest BCUT2D eigenvalue weighted by atomic mass is 10.0. The molecule has 0 aliphatic carbocycles. The molecule has 0 bridgehead atoms. The van der Waals surface area contributed by atoms with E-state index in [1.807, 2.05) is 0 Å². The highest BCUT2D eigenvalue weighted by molar-refractivity contribution is 6.14. The van der Waals surface area contributed by atoms with Crippen molar-refractivity contribution >= 4 is 23.3 Å². The number of nitrogens with two attached hydrogens (primary N) is 1. The normalized spacial score (nSPS) is 13.8. The van der Waals surface area contributed by atoms with Crippen LogP contribution >= 0.6 is 0 Å². The number of primary amides is 1. The summed E-state index contributed by atoms with van der Waals surface area (Å²) in [5.41, 5.74) is 4.81. The Labute approximate surface area is 130 Å². The van der Waals surface area contributed by atoms with Crippen molar-refractivity contribution in [3.63, 3.8) is 0 Å². The Morgan fingerprint density at radius 1 is 0.957 bits per heavy atom. The van der Waals surface area contributed by atoms with Gasteiger partial charge in [0, 0.05) is 16.4 Å². The summed E-state index contributed by atoms with van der Waals surface area (Å²) in [6.45, 7) is 0. The van der Waals surface area contributed by atoms with E-state index in [0.717, 1.165) is 0 Å². The molecular formula is C14H10N4O5-2. The molecule has 118 valence electrons. The fraction of sp³-hybridized carbons (Fsp3) is 0. The Balaban J connectivity index is 2.05. The first-order valence-corrected chi connectivity index (χ1v) is 6.45. The molecule has 2 N–H and O–H groups in total. The maximum atomic E-state index is 12.6. The lowest BCUT2D eigenvalue weighted by Gasteiger charge is -2.38. The van der Waals surface area contributed by atoms with Crippen LogP contribution in [0.4, 0.5) is 16.2 Å². The molecule has 9 heteroatoms. The Kier molecular flexibility index (Phi) is 3.58. The third-order valence-corrected chi connectivity index (χ3v) is 3.18. The van der Waals surface area contributed by atoms with Crippen molar-refractivity contribution in [2.45, 2.75) is 0 Å². The fourth-order valence-corrected chi connectivity index (χ4v) is 2.22. The van der Waals surface area contributed by atoms with Gasteiger partial charge in [-0.1, -0.05) is 36.4 Å². The molecule has 0 unspecified atom stereocenters. The molecule has 1 aliphatic heterocycles. The van der Waals surface area contributed by atoms with Gasteiger partial charge in [-0.15, -0.1) is 0 Å². The van der Waals surface area contributed by atoms with Gasteiger partial charge >= 0.3 is 6.09 Å². The van der Waals surface area contributed by atoms with Gasteiger partial charge in [-0.3, -0.25) is 4.79 Å². The average Bonchev–Trinajstić information content (AvgIpc) is 2.80. The molecule has 0 aromatic heterocycles. The largest absolute Gasteiger partial charge is 0.739 e. The third kappa shape index (κ3) is 2.44. The van der Waals surface area contributed by atoms with Gasteiger partial charge in [-0.2, -0.15) is 0 Å². The van der Waals surface area contributed by atoms with Gasteiger partial charge in [0.05, 0.1) is 11.4 Å². The highest BCUT2D eigenvalue weighted by Gasteiger charge is 2.30. The maximum absolute atomic E-state index is 12.6. The van der Waals surface area contributed by atoms with E-state index >= 15 is 0 Å². The molecule has 1 amide bonds. The first-order chi connectivity index (χ1) is 11.0. The van der Waals surface area contributed by atoms with Gasteiger partial charge in [0.15, 0.2) is 5.78 Å². The van der Waals surface area contributed by atoms with Crippen molar-refractivity contribution in [1.82, 2.24) is 5.28 Å². The van der Waals surface area contributed by atoms with E-state index in [4.69, 9.17) is 5.73 Å². The van der Waals surface area contributed by atoms with Crippen LogP contribution in [0.2, 0.25) is 0 Å².